The van der Waals surface area contributed by atoms with Crippen molar-refractivity contribution >= 4 is 27.5 Å². The van der Waals surface area contributed by atoms with Gasteiger partial charge in [0.05, 0.1) is 47.9 Å². The number of allylic oxidation sites excluding steroid dienone is 1. The number of carbonyl (C=O) groups excluding carboxylic acids is 2. The van der Waals surface area contributed by atoms with E-state index in [0.717, 1.165) is 43.6 Å². The molecular weight excluding hydrogens is 465 g/mol. The van der Waals surface area contributed by atoms with Crippen LogP contribution in [-0.2, 0) is 28.9 Å². The number of rotatable bonds is 5. The van der Waals surface area contributed by atoms with Crippen molar-refractivity contribution in [2.24, 2.45) is 5.73 Å². The average molecular weight is 485 g/mol. The van der Waals surface area contributed by atoms with Crippen LogP contribution in [0.25, 0.3) is 0 Å². The second-order valence-electron chi connectivity index (χ2n) is 7.22. The van der Waals surface area contributed by atoms with E-state index < -0.39 is 39.2 Å². The number of hydrogen-bond acceptors (Lipinski definition) is 9. The molecule has 2 aromatic rings. The number of methoxy groups -OCH3 is 2. The van der Waals surface area contributed by atoms with Gasteiger partial charge in [0, 0.05) is 6.26 Å². The monoisotopic (exact) mass is 485 g/mol. The average Bonchev–Trinajstić information content (AvgIpc) is 2.82. The number of carbonyl (C=O) groups is 2. The lowest BCUT2D eigenvalue weighted by atomic mass is 9.81. The Kier molecular flexibility index (Phi) is 6.74. The number of nitrogens with zero attached hydrogens (tertiary/aromatic N) is 2. The van der Waals surface area contributed by atoms with Crippen LogP contribution in [0.3, 0.4) is 0 Å². The van der Waals surface area contributed by atoms with Crippen molar-refractivity contribution in [3.63, 3.8) is 0 Å². The lowest BCUT2D eigenvalue weighted by Crippen LogP contribution is -2.41. The summed E-state index contributed by atoms with van der Waals surface area (Å²) in [5.41, 5.74) is 5.45. The molecular formula is C23H20FN3O6S. The van der Waals surface area contributed by atoms with Crippen LogP contribution in [0.2, 0.25) is 0 Å². The molecule has 3 rings (SSSR count). The Bertz CT molecular complexity index is 1380. The SMILES string of the molecule is COC(=O)C1=C(C(=O)OC)N(c2ccc(S(C)(=O)=O)cc2F)C(N)=C(C#N)C1c1ccccc1. The van der Waals surface area contributed by atoms with E-state index in [1.165, 1.54) is 0 Å². The van der Waals surface area contributed by atoms with E-state index in [2.05, 4.69) is 0 Å². The van der Waals surface area contributed by atoms with E-state index in [1.54, 1.807) is 30.3 Å². The third-order valence-corrected chi connectivity index (χ3v) is 6.31. The highest BCUT2D eigenvalue weighted by Gasteiger charge is 2.43. The molecule has 0 aromatic heterocycles. The number of nitrogens with two attached hydrogens (primary N) is 1. The van der Waals surface area contributed by atoms with Crippen LogP contribution >= 0.6 is 0 Å². The van der Waals surface area contributed by atoms with Crippen LogP contribution in [0.1, 0.15) is 11.5 Å². The van der Waals surface area contributed by atoms with Crippen LogP contribution in [0, 0.1) is 17.1 Å². The van der Waals surface area contributed by atoms with Gasteiger partial charge in [-0.3, -0.25) is 4.90 Å². The largest absolute Gasteiger partial charge is 0.466 e. The molecule has 176 valence electrons. The Labute approximate surface area is 195 Å². The highest BCUT2D eigenvalue weighted by atomic mass is 32.2. The highest BCUT2D eigenvalue weighted by Crippen LogP contribution is 2.43. The summed E-state index contributed by atoms with van der Waals surface area (Å²) in [5, 5.41) is 9.95. The zero-order valence-corrected chi connectivity index (χ0v) is 19.2. The highest BCUT2D eigenvalue weighted by molar-refractivity contribution is 7.90. The molecule has 1 atom stereocenters. The maximum atomic E-state index is 15.2. The summed E-state index contributed by atoms with van der Waals surface area (Å²) in [6, 6.07) is 13.2. The van der Waals surface area contributed by atoms with Gasteiger partial charge in [0.15, 0.2) is 9.84 Å². The maximum absolute atomic E-state index is 15.2. The van der Waals surface area contributed by atoms with Gasteiger partial charge in [0.25, 0.3) is 0 Å². The maximum Gasteiger partial charge on any atom is 0.355 e. The van der Waals surface area contributed by atoms with Crippen molar-refractivity contribution in [1.82, 2.24) is 0 Å². The van der Waals surface area contributed by atoms with Crippen LogP contribution in [0.4, 0.5) is 10.1 Å². The first-order valence-electron chi connectivity index (χ1n) is 9.72. The Hall–Kier alpha value is -4.17. The van der Waals surface area contributed by atoms with Gasteiger partial charge in [-0.2, -0.15) is 5.26 Å². The first-order chi connectivity index (χ1) is 16.1. The van der Waals surface area contributed by atoms with E-state index in [9.17, 15) is 23.3 Å². The molecule has 2 aromatic carbocycles. The molecule has 0 aliphatic carbocycles. The van der Waals surface area contributed by atoms with E-state index in [-0.39, 0.29) is 27.6 Å². The molecule has 1 aliphatic rings. The molecule has 2 N–H and O–H groups in total. The number of halogens is 1. The Balaban J connectivity index is 2.42. The Morgan fingerprint density at radius 3 is 2.21 bits per heavy atom. The van der Waals surface area contributed by atoms with E-state index >= 15 is 4.39 Å². The van der Waals surface area contributed by atoms with Gasteiger partial charge in [-0.05, 0) is 23.8 Å². The summed E-state index contributed by atoms with van der Waals surface area (Å²) >= 11 is 0. The molecule has 1 heterocycles. The predicted molar refractivity (Wildman–Crippen MR) is 119 cm³/mol. The number of sulfone groups is 1. The number of ether oxygens (including phenoxy) is 2. The minimum absolute atomic E-state index is 0.147. The molecule has 34 heavy (non-hydrogen) atoms. The van der Waals surface area contributed by atoms with Crippen molar-refractivity contribution in [3.8, 4) is 6.07 Å². The third-order valence-electron chi connectivity index (χ3n) is 5.20. The van der Waals surface area contributed by atoms with Crippen molar-refractivity contribution in [2.75, 3.05) is 25.4 Å². The fourth-order valence-electron chi connectivity index (χ4n) is 3.66. The lowest BCUT2D eigenvalue weighted by molar-refractivity contribution is -0.139. The fraction of sp³-hybridized carbons (Fsp3) is 0.174. The molecule has 0 amide bonds. The predicted octanol–water partition coefficient (Wildman–Crippen LogP) is 2.13. The number of benzene rings is 2. The Morgan fingerprint density at radius 1 is 1.09 bits per heavy atom. The van der Waals surface area contributed by atoms with Gasteiger partial charge < -0.3 is 15.2 Å². The van der Waals surface area contributed by atoms with Gasteiger partial charge in [-0.1, -0.05) is 30.3 Å². The molecule has 0 spiro atoms. The molecule has 9 nitrogen and oxygen atoms in total. The van der Waals surface area contributed by atoms with Crippen molar-refractivity contribution in [1.29, 1.82) is 5.26 Å². The smallest absolute Gasteiger partial charge is 0.355 e. The molecule has 0 saturated heterocycles. The van der Waals surface area contributed by atoms with Crippen molar-refractivity contribution < 1.29 is 31.9 Å². The van der Waals surface area contributed by atoms with Crippen LogP contribution < -0.4 is 10.6 Å². The summed E-state index contributed by atoms with van der Waals surface area (Å²) in [6.45, 7) is 0. The summed E-state index contributed by atoms with van der Waals surface area (Å²) in [7, 11) is -1.59. The molecule has 0 bridgehead atoms. The topological polar surface area (TPSA) is 140 Å². The van der Waals surface area contributed by atoms with Gasteiger partial charge in [0.2, 0.25) is 0 Å². The number of nitriles is 1. The van der Waals surface area contributed by atoms with Gasteiger partial charge >= 0.3 is 11.9 Å². The number of anilines is 1. The standard InChI is InChI=1S/C23H20FN3O6S/c1-32-22(28)19-18(13-7-5-4-6-8-13)15(12-25)21(26)27(20(19)23(29)33-2)17-10-9-14(11-16(17)24)34(3,30)31/h4-11,18H,26H2,1-3H3. The van der Waals surface area contributed by atoms with Gasteiger partial charge in [-0.25, -0.2) is 22.4 Å². The second-order valence-corrected chi connectivity index (χ2v) is 9.24. The molecule has 0 radical (unpaired) electrons. The first-order valence-corrected chi connectivity index (χ1v) is 11.6. The third kappa shape index (κ3) is 4.23. The second kappa shape index (κ2) is 9.36. The summed E-state index contributed by atoms with van der Waals surface area (Å²) in [4.78, 5) is 26.4. The molecule has 0 fully saturated rings. The van der Waals surface area contributed by atoms with Gasteiger partial charge in [0.1, 0.15) is 17.3 Å². The molecule has 1 aliphatic heterocycles. The van der Waals surface area contributed by atoms with Crippen molar-refractivity contribution in [2.45, 2.75) is 10.8 Å². The zero-order chi connectivity index (χ0) is 25.2. The summed E-state index contributed by atoms with van der Waals surface area (Å²) in [5.74, 6) is -4.52. The lowest BCUT2D eigenvalue weighted by Gasteiger charge is -2.36. The molecule has 1 unspecified atom stereocenters. The minimum atomic E-state index is -3.74. The normalized spacial score (nSPS) is 16.2. The zero-order valence-electron chi connectivity index (χ0n) is 18.4. The number of esters is 2. The first kappa shape index (κ1) is 24.5. The summed E-state index contributed by atoms with van der Waals surface area (Å²) < 4.78 is 48.6. The minimum Gasteiger partial charge on any atom is -0.466 e. The van der Waals surface area contributed by atoms with Crippen molar-refractivity contribution in [3.05, 3.63) is 82.6 Å². The molecule has 11 heteroatoms. The van der Waals surface area contributed by atoms with E-state index in [1.807, 2.05) is 6.07 Å². The van der Waals surface area contributed by atoms with Crippen LogP contribution in [0.5, 0.6) is 0 Å². The molecule has 0 saturated carbocycles. The number of hydrogen-bond donors (Lipinski definition) is 1. The summed E-state index contributed by atoms with van der Waals surface area (Å²) in [6.07, 6.45) is 0.907. The van der Waals surface area contributed by atoms with Crippen LogP contribution in [-0.4, -0.2) is 40.8 Å². The van der Waals surface area contributed by atoms with Gasteiger partial charge in [-0.15, -0.1) is 0 Å². The van der Waals surface area contributed by atoms with Crippen LogP contribution in [0.15, 0.2) is 76.1 Å². The quantitative estimate of drug-likeness (QED) is 0.631. The fourth-order valence-corrected chi connectivity index (χ4v) is 4.30. The van der Waals surface area contributed by atoms with E-state index in [4.69, 9.17) is 15.2 Å². The Morgan fingerprint density at radius 2 is 1.71 bits per heavy atom. The van der Waals surface area contributed by atoms with E-state index in [0.29, 0.717) is 5.56 Å².